The third-order valence-electron chi connectivity index (χ3n) is 2.13. The Balaban J connectivity index is 0.00000196. The van der Waals surface area contributed by atoms with Gasteiger partial charge in [-0.2, -0.15) is 0 Å². The Labute approximate surface area is 107 Å². The fourth-order valence-corrected chi connectivity index (χ4v) is 1.99. The zero-order valence-electron chi connectivity index (χ0n) is 8.54. The fraction of sp³-hybridized carbons (Fsp3) is 0.500. The summed E-state index contributed by atoms with van der Waals surface area (Å²) in [5, 5.41) is 1.11. The highest BCUT2D eigenvalue weighted by Crippen LogP contribution is 2.30. The van der Waals surface area contributed by atoms with Gasteiger partial charge in [-0.25, -0.2) is 0 Å². The number of nitrogens with two attached hydrogens (primary N) is 1. The lowest BCUT2D eigenvalue weighted by molar-refractivity contribution is 0.603. The van der Waals surface area contributed by atoms with Crippen LogP contribution in [0.25, 0.3) is 0 Å². The smallest absolute Gasteiger partial charge is 0.0651 e. The average Bonchev–Trinajstić information content (AvgIpc) is 2.14. The maximum atomic E-state index is 5.99. The van der Waals surface area contributed by atoms with Gasteiger partial charge >= 0.3 is 0 Å². The Morgan fingerprint density at radius 2 is 1.87 bits per heavy atom. The number of aromatic nitrogens is 1. The second-order valence-electron chi connectivity index (χ2n) is 3.27. The maximum absolute atomic E-state index is 5.99. The van der Waals surface area contributed by atoms with Gasteiger partial charge in [-0.3, -0.25) is 4.98 Å². The Morgan fingerprint density at radius 3 is 2.33 bits per heavy atom. The van der Waals surface area contributed by atoms with Gasteiger partial charge in [0.15, 0.2) is 0 Å². The largest absolute Gasteiger partial charge is 0.324 e. The summed E-state index contributed by atoms with van der Waals surface area (Å²) in [4.78, 5) is 3.89. The van der Waals surface area contributed by atoms with Crippen LogP contribution in [0.15, 0.2) is 12.4 Å². The summed E-state index contributed by atoms with van der Waals surface area (Å²) in [7, 11) is 0. The van der Waals surface area contributed by atoms with Gasteiger partial charge in [0.1, 0.15) is 0 Å². The van der Waals surface area contributed by atoms with E-state index in [0.717, 1.165) is 24.8 Å². The molecule has 0 bridgehead atoms. The lowest BCUT2D eigenvalue weighted by Crippen LogP contribution is -2.11. The molecule has 1 rings (SSSR count). The summed E-state index contributed by atoms with van der Waals surface area (Å²) in [5.74, 6) is 0. The van der Waals surface area contributed by atoms with E-state index in [0.29, 0.717) is 10.0 Å². The van der Waals surface area contributed by atoms with Crippen molar-refractivity contribution in [3.05, 3.63) is 28.0 Å². The van der Waals surface area contributed by atoms with Crippen molar-refractivity contribution in [2.45, 2.75) is 32.2 Å². The number of nitrogens with zero attached hydrogens (tertiary/aromatic N) is 1. The van der Waals surface area contributed by atoms with Crippen LogP contribution in [0.1, 0.15) is 37.8 Å². The third kappa shape index (κ3) is 4.15. The predicted molar refractivity (Wildman–Crippen MR) is 68.0 cm³/mol. The van der Waals surface area contributed by atoms with Crippen LogP contribution < -0.4 is 5.73 Å². The number of unbranched alkanes of at least 4 members (excludes halogenated alkanes) is 1. The van der Waals surface area contributed by atoms with Crippen LogP contribution in [0, 0.1) is 0 Å². The molecule has 0 amide bonds. The minimum atomic E-state index is -0.0852. The molecule has 2 nitrogen and oxygen atoms in total. The maximum Gasteiger partial charge on any atom is 0.0651 e. The minimum Gasteiger partial charge on any atom is -0.324 e. The molecule has 0 unspecified atom stereocenters. The molecule has 0 aliphatic rings. The van der Waals surface area contributed by atoms with E-state index in [2.05, 4.69) is 11.9 Å². The van der Waals surface area contributed by atoms with Crippen LogP contribution in [0.3, 0.4) is 0 Å². The van der Waals surface area contributed by atoms with Gasteiger partial charge in [-0.1, -0.05) is 43.0 Å². The fourth-order valence-electron chi connectivity index (χ4n) is 1.34. The first-order valence-electron chi connectivity index (χ1n) is 4.71. The quantitative estimate of drug-likeness (QED) is 0.897. The predicted octanol–water partition coefficient (Wildman–Crippen LogP) is 4.00. The first-order valence-corrected chi connectivity index (χ1v) is 5.47. The molecule has 5 heteroatoms. The molecular formula is C10H15Cl3N2. The highest BCUT2D eigenvalue weighted by atomic mass is 35.5. The van der Waals surface area contributed by atoms with Crippen LogP contribution in [0.2, 0.25) is 10.0 Å². The molecule has 0 fully saturated rings. The summed E-state index contributed by atoms with van der Waals surface area (Å²) in [6.45, 7) is 2.13. The summed E-state index contributed by atoms with van der Waals surface area (Å²) in [6, 6.07) is -0.0852. The van der Waals surface area contributed by atoms with Gasteiger partial charge < -0.3 is 5.73 Å². The van der Waals surface area contributed by atoms with Crippen LogP contribution >= 0.6 is 35.6 Å². The van der Waals surface area contributed by atoms with E-state index >= 15 is 0 Å². The summed E-state index contributed by atoms with van der Waals surface area (Å²) in [5.41, 5.74) is 6.80. The topological polar surface area (TPSA) is 38.9 Å². The molecule has 1 heterocycles. The lowest BCUT2D eigenvalue weighted by atomic mass is 10.0. The molecule has 0 aliphatic carbocycles. The van der Waals surface area contributed by atoms with Gasteiger partial charge in [0.05, 0.1) is 10.0 Å². The number of pyridine rings is 1. The standard InChI is InChI=1S/C10H14Cl2N2.ClH/c1-2-3-4-9(13)10-7(11)5-14-6-8(10)12;/h5-6,9H,2-4,13H2,1H3;1H/t9-;/m0./s1. The van der Waals surface area contributed by atoms with Crippen molar-refractivity contribution in [3.8, 4) is 0 Å². The third-order valence-corrected chi connectivity index (χ3v) is 2.73. The molecule has 0 saturated carbocycles. The van der Waals surface area contributed by atoms with Crippen molar-refractivity contribution in [2.24, 2.45) is 5.73 Å². The van der Waals surface area contributed by atoms with E-state index in [1.807, 2.05) is 0 Å². The Kier molecular flexibility index (Phi) is 7.28. The number of hydrogen-bond acceptors (Lipinski definition) is 2. The first kappa shape index (κ1) is 15.0. The highest BCUT2D eigenvalue weighted by molar-refractivity contribution is 6.35. The summed E-state index contributed by atoms with van der Waals surface area (Å²) >= 11 is 12.0. The number of hydrogen-bond donors (Lipinski definition) is 1. The monoisotopic (exact) mass is 268 g/mol. The van der Waals surface area contributed by atoms with Crippen LogP contribution in [0.5, 0.6) is 0 Å². The van der Waals surface area contributed by atoms with E-state index in [1.54, 1.807) is 12.4 Å². The summed E-state index contributed by atoms with van der Waals surface area (Å²) < 4.78 is 0. The molecule has 0 saturated heterocycles. The molecule has 0 aromatic carbocycles. The van der Waals surface area contributed by atoms with Gasteiger partial charge in [0.25, 0.3) is 0 Å². The first-order chi connectivity index (χ1) is 6.66. The van der Waals surface area contributed by atoms with E-state index in [4.69, 9.17) is 28.9 Å². The van der Waals surface area contributed by atoms with Crippen LogP contribution in [-0.4, -0.2) is 4.98 Å². The van der Waals surface area contributed by atoms with E-state index < -0.39 is 0 Å². The second-order valence-corrected chi connectivity index (χ2v) is 4.08. The van der Waals surface area contributed by atoms with Crippen molar-refractivity contribution in [2.75, 3.05) is 0 Å². The van der Waals surface area contributed by atoms with Gasteiger partial charge in [-0.05, 0) is 6.42 Å². The molecule has 0 radical (unpaired) electrons. The molecule has 1 aromatic heterocycles. The number of halogens is 3. The van der Waals surface area contributed by atoms with Crippen molar-refractivity contribution < 1.29 is 0 Å². The summed E-state index contributed by atoms with van der Waals surface area (Å²) in [6.07, 6.45) is 6.26. The van der Waals surface area contributed by atoms with Crippen LogP contribution in [-0.2, 0) is 0 Å². The van der Waals surface area contributed by atoms with Crippen molar-refractivity contribution in [1.82, 2.24) is 4.98 Å². The average molecular weight is 270 g/mol. The van der Waals surface area contributed by atoms with Crippen molar-refractivity contribution in [1.29, 1.82) is 0 Å². The molecule has 86 valence electrons. The normalized spacial score (nSPS) is 12.0. The van der Waals surface area contributed by atoms with Crippen molar-refractivity contribution >= 4 is 35.6 Å². The van der Waals surface area contributed by atoms with Gasteiger partial charge in [0, 0.05) is 24.0 Å². The Hall–Kier alpha value is -0.0200. The van der Waals surface area contributed by atoms with E-state index in [-0.39, 0.29) is 18.4 Å². The van der Waals surface area contributed by atoms with E-state index in [1.165, 1.54) is 0 Å². The zero-order valence-corrected chi connectivity index (χ0v) is 10.9. The lowest BCUT2D eigenvalue weighted by Gasteiger charge is -2.14. The van der Waals surface area contributed by atoms with E-state index in [9.17, 15) is 0 Å². The number of rotatable bonds is 4. The molecule has 1 atom stereocenters. The zero-order chi connectivity index (χ0) is 10.6. The molecule has 2 N–H and O–H groups in total. The Morgan fingerprint density at radius 1 is 1.33 bits per heavy atom. The van der Waals surface area contributed by atoms with Crippen LogP contribution in [0.4, 0.5) is 0 Å². The molecule has 0 spiro atoms. The van der Waals surface area contributed by atoms with Gasteiger partial charge in [-0.15, -0.1) is 12.4 Å². The Bertz CT molecular complexity index is 284. The molecule has 15 heavy (non-hydrogen) atoms. The minimum absolute atomic E-state index is 0. The van der Waals surface area contributed by atoms with Gasteiger partial charge in [0.2, 0.25) is 0 Å². The molecule has 1 aromatic rings. The molecular weight excluding hydrogens is 254 g/mol. The second kappa shape index (κ2) is 7.29. The highest BCUT2D eigenvalue weighted by Gasteiger charge is 2.13. The molecule has 0 aliphatic heterocycles. The van der Waals surface area contributed by atoms with Crippen molar-refractivity contribution in [3.63, 3.8) is 0 Å². The SMILES string of the molecule is CCCC[C@H](N)c1c(Cl)cncc1Cl.Cl.